The molecular formula is C14H26N2OS. The van der Waals surface area contributed by atoms with Gasteiger partial charge in [0.2, 0.25) is 0 Å². The van der Waals surface area contributed by atoms with E-state index in [1.54, 1.807) is 11.3 Å². The van der Waals surface area contributed by atoms with E-state index in [1.807, 2.05) is 6.92 Å². The van der Waals surface area contributed by atoms with Crippen LogP contribution < -0.4 is 5.32 Å². The molecule has 2 unspecified atom stereocenters. The van der Waals surface area contributed by atoms with Crippen LogP contribution in [0.15, 0.2) is 0 Å². The number of aromatic nitrogens is 1. The molecule has 0 amide bonds. The Morgan fingerprint density at radius 1 is 1.33 bits per heavy atom. The largest absolute Gasteiger partial charge is 0.393 e. The van der Waals surface area contributed by atoms with Gasteiger partial charge in [0.15, 0.2) is 0 Å². The highest BCUT2D eigenvalue weighted by Crippen LogP contribution is 2.29. The molecule has 104 valence electrons. The van der Waals surface area contributed by atoms with Gasteiger partial charge in [-0.2, -0.15) is 0 Å². The summed E-state index contributed by atoms with van der Waals surface area (Å²) in [6, 6.07) is 0.319. The van der Waals surface area contributed by atoms with Crippen LogP contribution in [-0.4, -0.2) is 22.7 Å². The summed E-state index contributed by atoms with van der Waals surface area (Å²) in [5.41, 5.74) is 1.14. The van der Waals surface area contributed by atoms with Crippen LogP contribution in [0.25, 0.3) is 0 Å². The fourth-order valence-electron chi connectivity index (χ4n) is 1.84. The molecule has 1 aromatic heterocycles. The molecule has 1 aromatic rings. The summed E-state index contributed by atoms with van der Waals surface area (Å²) in [4.78, 5) is 5.94. The van der Waals surface area contributed by atoms with Crippen molar-refractivity contribution in [1.82, 2.24) is 10.3 Å². The summed E-state index contributed by atoms with van der Waals surface area (Å²) in [5.74, 6) is 0.497. The van der Waals surface area contributed by atoms with Crippen LogP contribution >= 0.6 is 11.3 Å². The molecular weight excluding hydrogens is 244 g/mol. The van der Waals surface area contributed by atoms with Gasteiger partial charge in [-0.1, -0.05) is 20.8 Å². The number of aryl methyl sites for hydroxylation is 1. The summed E-state index contributed by atoms with van der Waals surface area (Å²) in [6.07, 6.45) is 1.46. The van der Waals surface area contributed by atoms with E-state index in [0.717, 1.165) is 25.1 Å². The minimum atomic E-state index is -0.182. The molecule has 1 rings (SSSR count). The second-order valence-corrected chi connectivity index (χ2v) is 6.25. The van der Waals surface area contributed by atoms with Crippen LogP contribution in [0.1, 0.15) is 68.1 Å². The van der Waals surface area contributed by atoms with Crippen molar-refractivity contribution >= 4 is 11.3 Å². The number of rotatable bonds is 7. The third-order valence-electron chi connectivity index (χ3n) is 3.14. The Labute approximate surface area is 115 Å². The molecule has 0 bridgehead atoms. The Morgan fingerprint density at radius 2 is 2.00 bits per heavy atom. The molecule has 3 nitrogen and oxygen atoms in total. The van der Waals surface area contributed by atoms with Gasteiger partial charge in [0.25, 0.3) is 0 Å². The molecule has 0 aliphatic heterocycles. The first-order valence-corrected chi connectivity index (χ1v) is 7.66. The first kappa shape index (κ1) is 15.6. The van der Waals surface area contributed by atoms with Gasteiger partial charge in [-0.3, -0.25) is 0 Å². The Bertz CT molecular complexity index is 363. The average molecular weight is 270 g/mol. The topological polar surface area (TPSA) is 45.1 Å². The zero-order valence-electron chi connectivity index (χ0n) is 12.2. The van der Waals surface area contributed by atoms with Crippen molar-refractivity contribution in [3.8, 4) is 0 Å². The molecule has 0 aliphatic rings. The molecule has 2 atom stereocenters. The van der Waals surface area contributed by atoms with Crippen LogP contribution in [0.2, 0.25) is 0 Å². The highest BCUT2D eigenvalue weighted by molar-refractivity contribution is 7.11. The number of thiazole rings is 1. The zero-order valence-corrected chi connectivity index (χ0v) is 13.0. The SMILES string of the molecule is CCC(O)CCNC(C)c1sc(C(C)C)nc1C. The van der Waals surface area contributed by atoms with E-state index in [-0.39, 0.29) is 6.10 Å². The molecule has 0 saturated carbocycles. The third-order valence-corrected chi connectivity index (χ3v) is 4.78. The summed E-state index contributed by atoms with van der Waals surface area (Å²) in [5, 5.41) is 14.2. The van der Waals surface area contributed by atoms with Crippen molar-refractivity contribution in [3.63, 3.8) is 0 Å². The molecule has 0 aromatic carbocycles. The normalized spacial score (nSPS) is 15.1. The molecule has 0 saturated heterocycles. The van der Waals surface area contributed by atoms with E-state index in [1.165, 1.54) is 9.88 Å². The number of hydrogen-bond donors (Lipinski definition) is 2. The number of nitrogens with zero attached hydrogens (tertiary/aromatic N) is 1. The summed E-state index contributed by atoms with van der Waals surface area (Å²) < 4.78 is 0. The highest BCUT2D eigenvalue weighted by atomic mass is 32.1. The lowest BCUT2D eigenvalue weighted by Gasteiger charge is -2.14. The van der Waals surface area contributed by atoms with Crippen molar-refractivity contribution in [2.75, 3.05) is 6.54 Å². The van der Waals surface area contributed by atoms with Gasteiger partial charge in [0.1, 0.15) is 0 Å². The van der Waals surface area contributed by atoms with Gasteiger partial charge < -0.3 is 10.4 Å². The Morgan fingerprint density at radius 3 is 2.50 bits per heavy atom. The maximum Gasteiger partial charge on any atom is 0.0956 e. The molecule has 18 heavy (non-hydrogen) atoms. The van der Waals surface area contributed by atoms with E-state index >= 15 is 0 Å². The van der Waals surface area contributed by atoms with Crippen molar-refractivity contribution in [2.24, 2.45) is 0 Å². The first-order chi connectivity index (χ1) is 8.45. The van der Waals surface area contributed by atoms with Crippen molar-refractivity contribution in [2.45, 2.75) is 65.5 Å². The molecule has 0 radical (unpaired) electrons. The predicted octanol–water partition coefficient (Wildman–Crippen LogP) is 3.39. The van der Waals surface area contributed by atoms with Gasteiger partial charge in [-0.25, -0.2) is 4.98 Å². The van der Waals surface area contributed by atoms with Crippen LogP contribution in [0.5, 0.6) is 0 Å². The van der Waals surface area contributed by atoms with Gasteiger partial charge >= 0.3 is 0 Å². The predicted molar refractivity (Wildman–Crippen MR) is 78.3 cm³/mol. The number of aliphatic hydroxyl groups is 1. The maximum absolute atomic E-state index is 9.52. The van der Waals surface area contributed by atoms with E-state index < -0.39 is 0 Å². The number of hydrogen-bond acceptors (Lipinski definition) is 4. The van der Waals surface area contributed by atoms with Gasteiger partial charge in [-0.05, 0) is 33.2 Å². The van der Waals surface area contributed by atoms with Crippen LogP contribution in [0.4, 0.5) is 0 Å². The quantitative estimate of drug-likeness (QED) is 0.798. The molecule has 0 aliphatic carbocycles. The van der Waals surface area contributed by atoms with Gasteiger partial charge in [-0.15, -0.1) is 11.3 Å². The zero-order chi connectivity index (χ0) is 13.7. The Hall–Kier alpha value is -0.450. The van der Waals surface area contributed by atoms with Crippen LogP contribution in [0, 0.1) is 6.92 Å². The molecule has 1 heterocycles. The Kier molecular flexibility index (Phi) is 6.26. The molecule has 4 heteroatoms. The van der Waals surface area contributed by atoms with E-state index in [0.29, 0.717) is 12.0 Å². The molecule has 0 spiro atoms. The van der Waals surface area contributed by atoms with Crippen LogP contribution in [0.3, 0.4) is 0 Å². The summed E-state index contributed by atoms with van der Waals surface area (Å²) in [7, 11) is 0. The summed E-state index contributed by atoms with van der Waals surface area (Å²) in [6.45, 7) is 11.5. The minimum absolute atomic E-state index is 0.182. The lowest BCUT2D eigenvalue weighted by molar-refractivity contribution is 0.159. The monoisotopic (exact) mass is 270 g/mol. The van der Waals surface area contributed by atoms with Crippen molar-refractivity contribution in [1.29, 1.82) is 0 Å². The lowest BCUT2D eigenvalue weighted by atomic mass is 10.2. The van der Waals surface area contributed by atoms with Crippen LogP contribution in [-0.2, 0) is 0 Å². The standard InChI is InChI=1S/C14H26N2OS/c1-6-12(17)7-8-15-10(4)13-11(5)16-14(18-13)9(2)3/h9-10,12,15,17H,6-8H2,1-5H3. The molecule has 0 fully saturated rings. The fourth-order valence-corrected chi connectivity index (χ4v) is 2.94. The first-order valence-electron chi connectivity index (χ1n) is 6.84. The number of aliphatic hydroxyl groups excluding tert-OH is 1. The second-order valence-electron chi connectivity index (χ2n) is 5.18. The minimum Gasteiger partial charge on any atom is -0.393 e. The summed E-state index contributed by atoms with van der Waals surface area (Å²) >= 11 is 1.80. The highest BCUT2D eigenvalue weighted by Gasteiger charge is 2.15. The van der Waals surface area contributed by atoms with Crippen molar-refractivity contribution in [3.05, 3.63) is 15.6 Å². The van der Waals surface area contributed by atoms with Crippen molar-refractivity contribution < 1.29 is 5.11 Å². The average Bonchev–Trinajstić information content (AvgIpc) is 2.71. The van der Waals surface area contributed by atoms with E-state index in [9.17, 15) is 5.11 Å². The smallest absolute Gasteiger partial charge is 0.0956 e. The van der Waals surface area contributed by atoms with Gasteiger partial charge in [0, 0.05) is 16.8 Å². The molecule has 2 N–H and O–H groups in total. The van der Waals surface area contributed by atoms with E-state index in [4.69, 9.17) is 0 Å². The Balaban J connectivity index is 2.53. The lowest BCUT2D eigenvalue weighted by Crippen LogP contribution is -2.23. The maximum atomic E-state index is 9.52. The third kappa shape index (κ3) is 4.34. The van der Waals surface area contributed by atoms with Gasteiger partial charge in [0.05, 0.1) is 16.8 Å². The number of nitrogens with one attached hydrogen (secondary N) is 1. The van der Waals surface area contributed by atoms with E-state index in [2.05, 4.69) is 38.0 Å². The second kappa shape index (κ2) is 7.22. The fraction of sp³-hybridized carbons (Fsp3) is 0.786.